The number of carbonyl (C=O) groups is 1. The number of thiazole rings is 1. The SMILES string of the molecule is Cl.O=C(O)CCN1CCN(Cc2csc(-c3ccccc3)n2)CC1. The van der Waals surface area contributed by atoms with E-state index in [4.69, 9.17) is 10.1 Å². The van der Waals surface area contributed by atoms with Gasteiger partial charge in [0.2, 0.25) is 0 Å². The van der Waals surface area contributed by atoms with Crippen molar-refractivity contribution >= 4 is 29.7 Å². The van der Waals surface area contributed by atoms with Crippen molar-refractivity contribution in [1.82, 2.24) is 14.8 Å². The molecule has 0 bridgehead atoms. The fourth-order valence-electron chi connectivity index (χ4n) is 2.75. The standard InChI is InChI=1S/C17H21N3O2S.ClH/c21-16(22)6-7-19-8-10-20(11-9-19)12-15-13-23-17(18-15)14-4-2-1-3-5-14;/h1-5,13H,6-12H2,(H,21,22);1H. The molecular formula is C17H22ClN3O2S. The van der Waals surface area contributed by atoms with Gasteiger partial charge >= 0.3 is 5.97 Å². The van der Waals surface area contributed by atoms with E-state index in [2.05, 4.69) is 27.3 Å². The minimum absolute atomic E-state index is 0. The molecule has 3 rings (SSSR count). The molecule has 2 heterocycles. The van der Waals surface area contributed by atoms with Crippen molar-refractivity contribution in [2.75, 3.05) is 32.7 Å². The Morgan fingerprint density at radius 1 is 1.12 bits per heavy atom. The lowest BCUT2D eigenvalue weighted by Gasteiger charge is -2.34. The van der Waals surface area contributed by atoms with E-state index in [1.54, 1.807) is 11.3 Å². The van der Waals surface area contributed by atoms with Crippen LogP contribution in [-0.4, -0.2) is 58.6 Å². The zero-order valence-electron chi connectivity index (χ0n) is 13.4. The molecule has 2 aromatic rings. The van der Waals surface area contributed by atoms with Gasteiger partial charge in [-0.1, -0.05) is 30.3 Å². The smallest absolute Gasteiger partial charge is 0.304 e. The highest BCUT2D eigenvalue weighted by molar-refractivity contribution is 7.13. The van der Waals surface area contributed by atoms with Gasteiger partial charge in [-0.25, -0.2) is 4.98 Å². The maximum Gasteiger partial charge on any atom is 0.304 e. The molecule has 1 aliphatic heterocycles. The molecule has 130 valence electrons. The van der Waals surface area contributed by atoms with Gasteiger partial charge in [-0.15, -0.1) is 23.7 Å². The van der Waals surface area contributed by atoms with E-state index in [0.717, 1.165) is 43.4 Å². The Labute approximate surface area is 152 Å². The van der Waals surface area contributed by atoms with E-state index >= 15 is 0 Å². The van der Waals surface area contributed by atoms with Gasteiger partial charge in [0.05, 0.1) is 12.1 Å². The van der Waals surface area contributed by atoms with Gasteiger partial charge < -0.3 is 10.0 Å². The van der Waals surface area contributed by atoms with Gasteiger partial charge in [-0.2, -0.15) is 0 Å². The third-order valence-electron chi connectivity index (χ3n) is 4.06. The van der Waals surface area contributed by atoms with E-state index < -0.39 is 5.97 Å². The molecule has 7 heteroatoms. The molecule has 1 aromatic heterocycles. The van der Waals surface area contributed by atoms with E-state index in [9.17, 15) is 4.79 Å². The third-order valence-corrected chi connectivity index (χ3v) is 5.01. The third kappa shape index (κ3) is 5.27. The number of carboxylic acid groups (broad SMARTS) is 1. The Kier molecular flexibility index (Phi) is 7.17. The first-order valence-electron chi connectivity index (χ1n) is 7.87. The largest absolute Gasteiger partial charge is 0.481 e. The number of benzene rings is 1. The second-order valence-electron chi connectivity index (χ2n) is 5.77. The number of halogens is 1. The molecular weight excluding hydrogens is 346 g/mol. The van der Waals surface area contributed by atoms with Gasteiger partial charge in [0.25, 0.3) is 0 Å². The number of rotatable bonds is 6. The van der Waals surface area contributed by atoms with E-state index in [1.165, 1.54) is 5.56 Å². The van der Waals surface area contributed by atoms with Crippen molar-refractivity contribution in [3.63, 3.8) is 0 Å². The Morgan fingerprint density at radius 2 is 1.79 bits per heavy atom. The number of nitrogens with zero attached hydrogens (tertiary/aromatic N) is 3. The lowest BCUT2D eigenvalue weighted by atomic mass is 10.2. The fraction of sp³-hybridized carbons (Fsp3) is 0.412. The first-order chi connectivity index (χ1) is 11.2. The number of piperazine rings is 1. The van der Waals surface area contributed by atoms with Crippen LogP contribution in [0.2, 0.25) is 0 Å². The van der Waals surface area contributed by atoms with Crippen LogP contribution in [0, 0.1) is 0 Å². The minimum atomic E-state index is -0.719. The summed E-state index contributed by atoms with van der Waals surface area (Å²) in [6.07, 6.45) is 0.229. The van der Waals surface area contributed by atoms with Crippen LogP contribution in [0.25, 0.3) is 10.6 Å². The Morgan fingerprint density at radius 3 is 2.46 bits per heavy atom. The molecule has 0 saturated carbocycles. The summed E-state index contributed by atoms with van der Waals surface area (Å²) in [5.41, 5.74) is 2.29. The summed E-state index contributed by atoms with van der Waals surface area (Å²) >= 11 is 1.69. The average Bonchev–Trinajstić information content (AvgIpc) is 3.03. The molecule has 0 radical (unpaired) electrons. The van der Waals surface area contributed by atoms with E-state index in [0.29, 0.717) is 6.54 Å². The number of hydrogen-bond acceptors (Lipinski definition) is 5. The molecule has 0 spiro atoms. The van der Waals surface area contributed by atoms with E-state index in [1.807, 2.05) is 18.2 Å². The number of carboxylic acids is 1. The predicted molar refractivity (Wildman–Crippen MR) is 98.8 cm³/mol. The lowest BCUT2D eigenvalue weighted by Crippen LogP contribution is -2.46. The number of hydrogen-bond donors (Lipinski definition) is 1. The van der Waals surface area contributed by atoms with Gasteiger partial charge in [0.15, 0.2) is 0 Å². The van der Waals surface area contributed by atoms with Crippen molar-refractivity contribution in [2.45, 2.75) is 13.0 Å². The van der Waals surface area contributed by atoms with E-state index in [-0.39, 0.29) is 18.8 Å². The summed E-state index contributed by atoms with van der Waals surface area (Å²) in [6.45, 7) is 5.33. The summed E-state index contributed by atoms with van der Waals surface area (Å²) < 4.78 is 0. The number of aliphatic carboxylic acids is 1. The summed E-state index contributed by atoms with van der Waals surface area (Å²) in [7, 11) is 0. The Hall–Kier alpha value is -1.47. The van der Waals surface area contributed by atoms with Crippen LogP contribution in [0.1, 0.15) is 12.1 Å². The minimum Gasteiger partial charge on any atom is -0.481 e. The van der Waals surface area contributed by atoms with Crippen molar-refractivity contribution in [3.8, 4) is 10.6 Å². The fourth-order valence-corrected chi connectivity index (χ4v) is 3.56. The molecule has 0 amide bonds. The molecule has 24 heavy (non-hydrogen) atoms. The van der Waals surface area contributed by atoms with Crippen LogP contribution < -0.4 is 0 Å². The van der Waals surface area contributed by atoms with Crippen LogP contribution in [-0.2, 0) is 11.3 Å². The van der Waals surface area contributed by atoms with Crippen LogP contribution in [0.4, 0.5) is 0 Å². The van der Waals surface area contributed by atoms with Crippen molar-refractivity contribution in [1.29, 1.82) is 0 Å². The highest BCUT2D eigenvalue weighted by Crippen LogP contribution is 2.24. The Balaban J connectivity index is 0.00000208. The molecule has 0 unspecified atom stereocenters. The van der Waals surface area contributed by atoms with Crippen LogP contribution >= 0.6 is 23.7 Å². The normalized spacial score (nSPS) is 15.8. The first-order valence-corrected chi connectivity index (χ1v) is 8.75. The molecule has 1 saturated heterocycles. The maximum atomic E-state index is 10.6. The molecule has 1 fully saturated rings. The van der Waals surface area contributed by atoms with Crippen molar-refractivity contribution in [3.05, 3.63) is 41.4 Å². The average molecular weight is 368 g/mol. The first kappa shape index (κ1) is 18.9. The number of aromatic nitrogens is 1. The summed E-state index contributed by atoms with van der Waals surface area (Å²) in [6, 6.07) is 10.3. The lowest BCUT2D eigenvalue weighted by molar-refractivity contribution is -0.137. The molecule has 5 nitrogen and oxygen atoms in total. The Bertz CT molecular complexity index is 642. The molecule has 1 aromatic carbocycles. The zero-order chi connectivity index (χ0) is 16.1. The predicted octanol–water partition coefficient (Wildman–Crippen LogP) is 2.82. The zero-order valence-corrected chi connectivity index (χ0v) is 15.1. The summed E-state index contributed by atoms with van der Waals surface area (Å²) in [5, 5.41) is 12.0. The molecule has 1 N–H and O–H groups in total. The van der Waals surface area contributed by atoms with Crippen LogP contribution in [0.5, 0.6) is 0 Å². The topological polar surface area (TPSA) is 56.7 Å². The van der Waals surface area contributed by atoms with Crippen LogP contribution in [0.3, 0.4) is 0 Å². The quantitative estimate of drug-likeness (QED) is 0.850. The highest BCUT2D eigenvalue weighted by Gasteiger charge is 2.18. The van der Waals surface area contributed by atoms with Crippen molar-refractivity contribution < 1.29 is 9.90 Å². The second-order valence-corrected chi connectivity index (χ2v) is 6.63. The van der Waals surface area contributed by atoms with Gasteiger partial charge in [-0.3, -0.25) is 9.69 Å². The summed E-state index contributed by atoms with van der Waals surface area (Å²) in [4.78, 5) is 20.0. The van der Waals surface area contributed by atoms with Gasteiger partial charge in [0, 0.05) is 50.2 Å². The maximum absolute atomic E-state index is 10.6. The monoisotopic (exact) mass is 367 g/mol. The second kappa shape index (κ2) is 9.13. The van der Waals surface area contributed by atoms with Gasteiger partial charge in [0.1, 0.15) is 5.01 Å². The van der Waals surface area contributed by atoms with Crippen LogP contribution in [0.15, 0.2) is 35.7 Å². The summed E-state index contributed by atoms with van der Waals surface area (Å²) in [5.74, 6) is -0.719. The molecule has 0 atom stereocenters. The highest BCUT2D eigenvalue weighted by atomic mass is 35.5. The van der Waals surface area contributed by atoms with Crippen molar-refractivity contribution in [2.24, 2.45) is 0 Å². The molecule has 1 aliphatic rings. The van der Waals surface area contributed by atoms with Gasteiger partial charge in [-0.05, 0) is 0 Å². The molecule has 0 aliphatic carbocycles.